The van der Waals surface area contributed by atoms with Crippen LogP contribution in [-0.2, 0) is 13.7 Å². The fourth-order valence-corrected chi connectivity index (χ4v) is 3.43. The Morgan fingerprint density at radius 1 is 1.09 bits per heavy atom. The molecule has 3 aromatic heterocycles. The van der Waals surface area contributed by atoms with Crippen LogP contribution in [0.3, 0.4) is 0 Å². The molecule has 0 bridgehead atoms. The van der Waals surface area contributed by atoms with Crippen molar-refractivity contribution in [2.45, 2.75) is 40.2 Å². The van der Waals surface area contributed by atoms with E-state index in [1.165, 1.54) is 0 Å². The summed E-state index contributed by atoms with van der Waals surface area (Å²) < 4.78 is 9.10. The van der Waals surface area contributed by atoms with Gasteiger partial charge in [-0.3, -0.25) is 14.0 Å². The van der Waals surface area contributed by atoms with Crippen molar-refractivity contribution in [3.63, 3.8) is 0 Å². The van der Waals surface area contributed by atoms with Gasteiger partial charge >= 0.3 is 0 Å². The van der Waals surface area contributed by atoms with Crippen LogP contribution in [0.4, 0.5) is 0 Å². The zero-order valence-corrected chi connectivity index (χ0v) is 18.9. The quantitative estimate of drug-likeness (QED) is 0.463. The first-order chi connectivity index (χ1) is 15.3. The highest BCUT2D eigenvalue weighted by Crippen LogP contribution is 2.23. The molecule has 0 saturated carbocycles. The van der Waals surface area contributed by atoms with Crippen LogP contribution in [0.5, 0.6) is 5.88 Å². The second-order valence-corrected chi connectivity index (χ2v) is 8.00. The Kier molecular flexibility index (Phi) is 5.85. The number of benzene rings is 1. The van der Waals surface area contributed by atoms with Gasteiger partial charge in [0.05, 0.1) is 22.6 Å². The Hall–Kier alpha value is -3.81. The average Bonchev–Trinajstić information content (AvgIpc) is 3.20. The summed E-state index contributed by atoms with van der Waals surface area (Å²) in [6, 6.07) is 11.5. The van der Waals surface area contributed by atoms with E-state index >= 15 is 0 Å². The SMILES string of the molecule is Cc1c(OCc2ccn(C)n2)nc(C)n(-c2cccc(-c3ccnc(C(C)C)n3)c2)c1=O. The van der Waals surface area contributed by atoms with E-state index in [0.717, 1.165) is 28.5 Å². The van der Waals surface area contributed by atoms with E-state index < -0.39 is 0 Å². The van der Waals surface area contributed by atoms with E-state index in [2.05, 4.69) is 33.9 Å². The molecule has 8 heteroatoms. The Bertz CT molecular complexity index is 1320. The van der Waals surface area contributed by atoms with Crippen LogP contribution in [0.25, 0.3) is 16.9 Å². The fourth-order valence-electron chi connectivity index (χ4n) is 3.43. The van der Waals surface area contributed by atoms with Crippen LogP contribution in [-0.4, -0.2) is 29.3 Å². The summed E-state index contributed by atoms with van der Waals surface area (Å²) in [7, 11) is 1.84. The predicted molar refractivity (Wildman–Crippen MR) is 122 cm³/mol. The third kappa shape index (κ3) is 4.30. The van der Waals surface area contributed by atoms with Crippen molar-refractivity contribution >= 4 is 0 Å². The van der Waals surface area contributed by atoms with Gasteiger partial charge in [0.15, 0.2) is 0 Å². The number of hydrogen-bond donors (Lipinski definition) is 0. The highest BCUT2D eigenvalue weighted by molar-refractivity contribution is 5.62. The van der Waals surface area contributed by atoms with Crippen LogP contribution >= 0.6 is 0 Å². The minimum Gasteiger partial charge on any atom is -0.471 e. The second-order valence-electron chi connectivity index (χ2n) is 8.00. The van der Waals surface area contributed by atoms with Gasteiger partial charge in [0.2, 0.25) is 5.88 Å². The third-order valence-corrected chi connectivity index (χ3v) is 5.15. The van der Waals surface area contributed by atoms with Crippen molar-refractivity contribution < 1.29 is 4.74 Å². The number of nitrogens with zero attached hydrogens (tertiary/aromatic N) is 6. The molecular weight excluding hydrogens is 404 g/mol. The first-order valence-electron chi connectivity index (χ1n) is 10.5. The maximum absolute atomic E-state index is 13.2. The summed E-state index contributed by atoms with van der Waals surface area (Å²) in [5, 5.41) is 4.29. The maximum Gasteiger partial charge on any atom is 0.264 e. The standard InChI is InChI=1S/C24H26N6O2/c1-15(2)22-25-11-9-21(27-22)18-7-6-8-20(13-18)30-17(4)26-23(16(3)24(30)31)32-14-19-10-12-29(5)28-19/h6-13,15H,14H2,1-5H3. The first-order valence-corrected chi connectivity index (χ1v) is 10.5. The normalized spacial score (nSPS) is 11.2. The zero-order valence-electron chi connectivity index (χ0n) is 18.9. The Labute approximate surface area is 186 Å². The van der Waals surface area contributed by atoms with Gasteiger partial charge in [-0.2, -0.15) is 10.1 Å². The van der Waals surface area contributed by atoms with E-state index in [1.807, 2.05) is 49.6 Å². The lowest BCUT2D eigenvalue weighted by Gasteiger charge is -2.14. The molecule has 0 atom stereocenters. The number of rotatable bonds is 6. The van der Waals surface area contributed by atoms with Crippen molar-refractivity contribution in [2.24, 2.45) is 7.05 Å². The smallest absolute Gasteiger partial charge is 0.264 e. The molecule has 1 aromatic carbocycles. The van der Waals surface area contributed by atoms with Gasteiger partial charge in [-0.15, -0.1) is 0 Å². The molecule has 4 rings (SSSR count). The zero-order chi connectivity index (χ0) is 22.8. The molecular formula is C24H26N6O2. The molecule has 0 amide bonds. The Morgan fingerprint density at radius 2 is 1.91 bits per heavy atom. The van der Waals surface area contributed by atoms with Crippen molar-refractivity contribution in [1.29, 1.82) is 0 Å². The van der Waals surface area contributed by atoms with Crippen molar-refractivity contribution in [3.05, 3.63) is 82.1 Å². The number of hydrogen-bond acceptors (Lipinski definition) is 6. The molecule has 0 saturated heterocycles. The average molecular weight is 431 g/mol. The number of ether oxygens (including phenoxy) is 1. The topological polar surface area (TPSA) is 87.7 Å². The summed E-state index contributed by atoms with van der Waals surface area (Å²) in [5.74, 6) is 1.88. The fraction of sp³-hybridized carbons (Fsp3) is 0.292. The van der Waals surface area contributed by atoms with E-state index in [-0.39, 0.29) is 18.1 Å². The highest BCUT2D eigenvalue weighted by Gasteiger charge is 2.15. The van der Waals surface area contributed by atoms with Gasteiger partial charge in [-0.1, -0.05) is 26.0 Å². The molecule has 3 heterocycles. The molecule has 4 aromatic rings. The maximum atomic E-state index is 13.2. The summed E-state index contributed by atoms with van der Waals surface area (Å²) in [6.07, 6.45) is 3.61. The Balaban J connectivity index is 1.68. The minimum atomic E-state index is -0.170. The van der Waals surface area contributed by atoms with Gasteiger partial charge < -0.3 is 4.74 Å². The number of aromatic nitrogens is 6. The summed E-state index contributed by atoms with van der Waals surface area (Å²) in [6.45, 7) is 7.89. The van der Waals surface area contributed by atoms with Crippen molar-refractivity contribution in [3.8, 4) is 22.8 Å². The van der Waals surface area contributed by atoms with Gasteiger partial charge in [-0.05, 0) is 38.1 Å². The van der Waals surface area contributed by atoms with Crippen LogP contribution in [0.15, 0.2) is 53.6 Å². The first kappa shape index (κ1) is 21.4. The summed E-state index contributed by atoms with van der Waals surface area (Å²) in [4.78, 5) is 26.8. The lowest BCUT2D eigenvalue weighted by Crippen LogP contribution is -2.25. The largest absolute Gasteiger partial charge is 0.471 e. The Morgan fingerprint density at radius 3 is 2.62 bits per heavy atom. The molecule has 0 aliphatic heterocycles. The highest BCUT2D eigenvalue weighted by atomic mass is 16.5. The molecule has 0 N–H and O–H groups in total. The molecule has 8 nitrogen and oxygen atoms in total. The molecule has 0 fully saturated rings. The molecule has 0 unspecified atom stereocenters. The van der Waals surface area contributed by atoms with Gasteiger partial charge in [0.1, 0.15) is 18.3 Å². The van der Waals surface area contributed by atoms with Crippen LogP contribution in [0.2, 0.25) is 0 Å². The second kappa shape index (κ2) is 8.74. The van der Waals surface area contributed by atoms with Crippen molar-refractivity contribution in [2.75, 3.05) is 0 Å². The van der Waals surface area contributed by atoms with Crippen molar-refractivity contribution in [1.82, 2.24) is 29.3 Å². The molecule has 32 heavy (non-hydrogen) atoms. The number of aryl methyl sites for hydroxylation is 2. The van der Waals surface area contributed by atoms with Crippen LogP contribution in [0, 0.1) is 13.8 Å². The van der Waals surface area contributed by atoms with Gasteiger partial charge in [-0.25, -0.2) is 9.97 Å². The van der Waals surface area contributed by atoms with Gasteiger partial charge in [0, 0.05) is 30.9 Å². The molecule has 0 aliphatic rings. The molecule has 164 valence electrons. The molecule has 0 aliphatic carbocycles. The van der Waals surface area contributed by atoms with Crippen LogP contribution in [0.1, 0.15) is 42.7 Å². The molecule has 0 radical (unpaired) electrons. The van der Waals surface area contributed by atoms with E-state index in [9.17, 15) is 4.79 Å². The van der Waals surface area contributed by atoms with E-state index in [0.29, 0.717) is 17.3 Å². The summed E-state index contributed by atoms with van der Waals surface area (Å²) >= 11 is 0. The van der Waals surface area contributed by atoms with Crippen LogP contribution < -0.4 is 10.3 Å². The van der Waals surface area contributed by atoms with E-state index in [4.69, 9.17) is 4.74 Å². The molecule has 0 spiro atoms. The summed E-state index contributed by atoms with van der Waals surface area (Å²) in [5.41, 5.74) is 3.50. The third-order valence-electron chi connectivity index (χ3n) is 5.15. The lowest BCUT2D eigenvalue weighted by molar-refractivity contribution is 0.283. The minimum absolute atomic E-state index is 0.170. The van der Waals surface area contributed by atoms with Gasteiger partial charge in [0.25, 0.3) is 5.56 Å². The lowest BCUT2D eigenvalue weighted by atomic mass is 10.1. The van der Waals surface area contributed by atoms with E-state index in [1.54, 1.807) is 29.3 Å². The predicted octanol–water partition coefficient (Wildman–Crippen LogP) is 3.74. The monoisotopic (exact) mass is 430 g/mol.